The summed E-state index contributed by atoms with van der Waals surface area (Å²) in [7, 11) is 0. The first kappa shape index (κ1) is 10.9. The molecule has 0 aromatic heterocycles. The molecule has 1 rings (SSSR count). The molecular weight excluding hydrogens is 140 g/mol. The van der Waals surface area contributed by atoms with Crippen LogP contribution in [0.2, 0.25) is 0 Å². The fourth-order valence-electron chi connectivity index (χ4n) is 1.37. The van der Waals surface area contributed by atoms with E-state index in [0.29, 0.717) is 12.5 Å². The van der Waals surface area contributed by atoms with E-state index in [1.165, 1.54) is 32.1 Å². The molecule has 1 saturated carbocycles. The van der Waals surface area contributed by atoms with E-state index in [4.69, 9.17) is 10.2 Å². The van der Waals surface area contributed by atoms with Gasteiger partial charge in [-0.25, -0.2) is 0 Å². The van der Waals surface area contributed by atoms with Crippen LogP contribution in [0.25, 0.3) is 0 Å². The van der Waals surface area contributed by atoms with Gasteiger partial charge in [0.05, 0.1) is 0 Å². The summed E-state index contributed by atoms with van der Waals surface area (Å²) in [5.74, 6) is 0.642. The van der Waals surface area contributed by atoms with Gasteiger partial charge in [0.15, 0.2) is 0 Å². The molecule has 0 unspecified atom stereocenters. The van der Waals surface area contributed by atoms with E-state index in [1.54, 1.807) is 6.92 Å². The van der Waals surface area contributed by atoms with Gasteiger partial charge >= 0.3 is 0 Å². The van der Waals surface area contributed by atoms with E-state index in [0.717, 1.165) is 0 Å². The lowest BCUT2D eigenvalue weighted by Crippen LogP contribution is -2.09. The number of aliphatic hydroxyl groups is 2. The van der Waals surface area contributed by atoms with Gasteiger partial charge in [-0.3, -0.25) is 0 Å². The molecule has 2 heteroatoms. The Hall–Kier alpha value is -0.0800. The molecular formula is C9H20O2. The molecule has 0 aromatic carbocycles. The number of hydrogen-bond donors (Lipinski definition) is 2. The molecule has 0 heterocycles. The second-order valence-electron chi connectivity index (χ2n) is 3.00. The van der Waals surface area contributed by atoms with Crippen molar-refractivity contribution < 1.29 is 10.2 Å². The lowest BCUT2D eigenvalue weighted by Gasteiger charge is -2.18. The molecule has 0 saturated heterocycles. The lowest BCUT2D eigenvalue weighted by atomic mass is 9.90. The maximum atomic E-state index is 8.69. The molecule has 11 heavy (non-hydrogen) atoms. The van der Waals surface area contributed by atoms with E-state index in [1.807, 2.05) is 0 Å². The van der Waals surface area contributed by atoms with Crippen molar-refractivity contribution in [3.05, 3.63) is 0 Å². The van der Waals surface area contributed by atoms with E-state index < -0.39 is 0 Å². The van der Waals surface area contributed by atoms with Crippen LogP contribution in [0.5, 0.6) is 0 Å². The van der Waals surface area contributed by atoms with Crippen LogP contribution in [0, 0.1) is 5.92 Å². The molecule has 0 atom stereocenters. The zero-order valence-electron chi connectivity index (χ0n) is 7.42. The molecule has 68 valence electrons. The minimum absolute atomic E-state index is 0.250. The highest BCUT2D eigenvalue weighted by Gasteiger charge is 2.10. The van der Waals surface area contributed by atoms with Crippen molar-refractivity contribution >= 4 is 0 Å². The van der Waals surface area contributed by atoms with E-state index in [9.17, 15) is 0 Å². The highest BCUT2D eigenvalue weighted by molar-refractivity contribution is 4.63. The van der Waals surface area contributed by atoms with Gasteiger partial charge in [-0.15, -0.1) is 0 Å². The Morgan fingerprint density at radius 1 is 1.09 bits per heavy atom. The van der Waals surface area contributed by atoms with Crippen molar-refractivity contribution in [2.75, 3.05) is 13.2 Å². The molecule has 0 spiro atoms. The number of rotatable bonds is 1. The first-order valence-corrected chi connectivity index (χ1v) is 4.56. The standard InChI is InChI=1S/C7H14O.C2H6O/c8-6-7-4-2-1-3-5-7;1-2-3/h7-8H,1-6H2;3H,2H2,1H3. The van der Waals surface area contributed by atoms with Crippen LogP contribution in [0.1, 0.15) is 39.0 Å². The number of hydrogen-bond acceptors (Lipinski definition) is 2. The first-order chi connectivity index (χ1) is 5.35. The van der Waals surface area contributed by atoms with E-state index in [2.05, 4.69) is 0 Å². The predicted octanol–water partition coefficient (Wildman–Crippen LogP) is 1.56. The summed E-state index contributed by atoms with van der Waals surface area (Å²) >= 11 is 0. The molecule has 0 amide bonds. The van der Waals surface area contributed by atoms with Crippen LogP contribution in [-0.2, 0) is 0 Å². The third-order valence-corrected chi connectivity index (χ3v) is 1.98. The molecule has 2 nitrogen and oxygen atoms in total. The van der Waals surface area contributed by atoms with Crippen LogP contribution < -0.4 is 0 Å². The Labute approximate surface area is 69.2 Å². The SMILES string of the molecule is CCO.OCC1CCCCC1. The maximum Gasteiger partial charge on any atom is 0.0459 e. The average molecular weight is 160 g/mol. The minimum Gasteiger partial charge on any atom is -0.397 e. The molecule has 1 aliphatic rings. The summed E-state index contributed by atoms with van der Waals surface area (Å²) in [4.78, 5) is 0. The monoisotopic (exact) mass is 160 g/mol. The van der Waals surface area contributed by atoms with Crippen LogP contribution in [0.4, 0.5) is 0 Å². The Bertz CT molecular complexity index is 68.0. The maximum absolute atomic E-state index is 8.69. The van der Waals surface area contributed by atoms with Crippen LogP contribution in [0.3, 0.4) is 0 Å². The van der Waals surface area contributed by atoms with Gasteiger partial charge in [-0.05, 0) is 25.7 Å². The van der Waals surface area contributed by atoms with Gasteiger partial charge in [0.2, 0.25) is 0 Å². The third kappa shape index (κ3) is 6.32. The second kappa shape index (κ2) is 8.02. The fourth-order valence-corrected chi connectivity index (χ4v) is 1.37. The molecule has 1 aliphatic carbocycles. The zero-order valence-corrected chi connectivity index (χ0v) is 7.42. The third-order valence-electron chi connectivity index (χ3n) is 1.98. The average Bonchev–Trinajstić information content (AvgIpc) is 2.08. The van der Waals surface area contributed by atoms with E-state index >= 15 is 0 Å². The molecule has 2 N–H and O–H groups in total. The Morgan fingerprint density at radius 2 is 1.55 bits per heavy atom. The van der Waals surface area contributed by atoms with Crippen LogP contribution in [0.15, 0.2) is 0 Å². The Balaban J connectivity index is 0.000000292. The molecule has 0 aromatic rings. The number of aliphatic hydroxyl groups excluding tert-OH is 2. The van der Waals surface area contributed by atoms with E-state index in [-0.39, 0.29) is 6.61 Å². The summed E-state index contributed by atoms with van der Waals surface area (Å²) in [6.45, 7) is 2.35. The quantitative estimate of drug-likeness (QED) is 0.611. The van der Waals surface area contributed by atoms with Gasteiger partial charge in [0.1, 0.15) is 0 Å². The predicted molar refractivity (Wildman–Crippen MR) is 46.4 cm³/mol. The Morgan fingerprint density at radius 3 is 1.82 bits per heavy atom. The van der Waals surface area contributed by atoms with Gasteiger partial charge < -0.3 is 10.2 Å². The van der Waals surface area contributed by atoms with Crippen molar-refractivity contribution in [1.29, 1.82) is 0 Å². The lowest BCUT2D eigenvalue weighted by molar-refractivity contribution is 0.190. The second-order valence-corrected chi connectivity index (χ2v) is 3.00. The van der Waals surface area contributed by atoms with Crippen molar-refractivity contribution in [2.45, 2.75) is 39.0 Å². The topological polar surface area (TPSA) is 40.5 Å². The summed E-state index contributed by atoms with van der Waals surface area (Å²) in [5.41, 5.74) is 0. The van der Waals surface area contributed by atoms with Gasteiger partial charge in [0, 0.05) is 13.2 Å². The molecule has 1 fully saturated rings. The van der Waals surface area contributed by atoms with Gasteiger partial charge in [-0.2, -0.15) is 0 Å². The Kier molecular flexibility index (Phi) is 7.96. The fraction of sp³-hybridized carbons (Fsp3) is 1.00. The van der Waals surface area contributed by atoms with Crippen molar-refractivity contribution in [2.24, 2.45) is 5.92 Å². The summed E-state index contributed by atoms with van der Waals surface area (Å²) < 4.78 is 0. The normalized spacial score (nSPS) is 18.8. The largest absolute Gasteiger partial charge is 0.397 e. The smallest absolute Gasteiger partial charge is 0.0459 e. The zero-order chi connectivity index (χ0) is 8.53. The molecule has 0 aliphatic heterocycles. The van der Waals surface area contributed by atoms with Crippen molar-refractivity contribution in [1.82, 2.24) is 0 Å². The van der Waals surface area contributed by atoms with Crippen LogP contribution in [-0.4, -0.2) is 23.4 Å². The first-order valence-electron chi connectivity index (χ1n) is 4.56. The van der Waals surface area contributed by atoms with Crippen LogP contribution >= 0.6 is 0 Å². The van der Waals surface area contributed by atoms with Gasteiger partial charge in [0.25, 0.3) is 0 Å². The summed E-state index contributed by atoms with van der Waals surface area (Å²) in [5, 5.41) is 16.3. The van der Waals surface area contributed by atoms with Crippen molar-refractivity contribution in [3.8, 4) is 0 Å². The highest BCUT2D eigenvalue weighted by Crippen LogP contribution is 2.22. The van der Waals surface area contributed by atoms with Gasteiger partial charge in [-0.1, -0.05) is 19.3 Å². The summed E-state index contributed by atoms with van der Waals surface area (Å²) in [6, 6.07) is 0. The molecule has 0 radical (unpaired) electrons. The molecule has 0 bridgehead atoms. The highest BCUT2D eigenvalue weighted by atomic mass is 16.3. The van der Waals surface area contributed by atoms with Crippen molar-refractivity contribution in [3.63, 3.8) is 0 Å². The minimum atomic E-state index is 0.250. The summed E-state index contributed by atoms with van der Waals surface area (Å²) in [6.07, 6.45) is 6.58.